The molecule has 0 radical (unpaired) electrons. The molecule has 1 heterocycles. The minimum atomic E-state index is -3.48. The topological polar surface area (TPSA) is 81.4 Å². The van der Waals surface area contributed by atoms with Crippen LogP contribution in [0.15, 0.2) is 29.2 Å². The number of nitrogens with two attached hydrogens (primary N) is 1. The molecule has 0 spiro atoms. The number of nitrogens with one attached hydrogen (secondary N) is 1. The number of rotatable bonds is 4. The fraction of sp³-hybridized carbons (Fsp3) is 0.500. The molecule has 2 rings (SSSR count). The van der Waals surface area contributed by atoms with Crippen molar-refractivity contribution in [2.24, 2.45) is 5.73 Å². The molecule has 3 N–H and O–H groups in total. The lowest BCUT2D eigenvalue weighted by Gasteiger charge is -2.23. The average Bonchev–Trinajstić information content (AvgIpc) is 2.39. The van der Waals surface area contributed by atoms with Gasteiger partial charge in [0, 0.05) is 19.2 Å². The van der Waals surface area contributed by atoms with Crippen molar-refractivity contribution in [3.63, 3.8) is 0 Å². The summed E-state index contributed by atoms with van der Waals surface area (Å²) in [6, 6.07) is 6.55. The van der Waals surface area contributed by atoms with E-state index >= 15 is 0 Å². The SMILES string of the molecule is NCc1cccc(S(=O)(=O)NC2CCCOC2)c1. The maximum atomic E-state index is 12.2. The van der Waals surface area contributed by atoms with E-state index in [1.54, 1.807) is 18.2 Å². The quantitative estimate of drug-likeness (QED) is 0.839. The largest absolute Gasteiger partial charge is 0.380 e. The van der Waals surface area contributed by atoms with Crippen LogP contribution in [0, 0.1) is 0 Å². The molecule has 100 valence electrons. The summed E-state index contributed by atoms with van der Waals surface area (Å²) in [6.45, 7) is 1.48. The Hall–Kier alpha value is -0.950. The minimum absolute atomic E-state index is 0.134. The van der Waals surface area contributed by atoms with Crippen molar-refractivity contribution >= 4 is 10.0 Å². The lowest BCUT2D eigenvalue weighted by atomic mass is 10.1. The van der Waals surface area contributed by atoms with E-state index in [1.165, 1.54) is 0 Å². The summed E-state index contributed by atoms with van der Waals surface area (Å²) in [6.07, 6.45) is 1.70. The second-order valence-corrected chi connectivity index (χ2v) is 6.10. The zero-order valence-electron chi connectivity index (χ0n) is 10.1. The summed E-state index contributed by atoms with van der Waals surface area (Å²) < 4.78 is 32.3. The second-order valence-electron chi connectivity index (χ2n) is 4.39. The van der Waals surface area contributed by atoms with Crippen LogP contribution >= 0.6 is 0 Å². The highest BCUT2D eigenvalue weighted by Crippen LogP contribution is 2.14. The molecule has 0 amide bonds. The number of benzene rings is 1. The summed E-state index contributed by atoms with van der Waals surface area (Å²) >= 11 is 0. The monoisotopic (exact) mass is 270 g/mol. The van der Waals surface area contributed by atoms with Gasteiger partial charge >= 0.3 is 0 Å². The highest BCUT2D eigenvalue weighted by atomic mass is 32.2. The van der Waals surface area contributed by atoms with Crippen LogP contribution < -0.4 is 10.5 Å². The van der Waals surface area contributed by atoms with Gasteiger partial charge in [0.25, 0.3) is 0 Å². The van der Waals surface area contributed by atoms with Crippen LogP contribution in [-0.2, 0) is 21.3 Å². The highest BCUT2D eigenvalue weighted by Gasteiger charge is 2.22. The van der Waals surface area contributed by atoms with Crippen LogP contribution in [0.25, 0.3) is 0 Å². The first-order chi connectivity index (χ1) is 8.62. The number of hydrogen-bond acceptors (Lipinski definition) is 4. The zero-order chi connectivity index (χ0) is 13.0. The fourth-order valence-electron chi connectivity index (χ4n) is 1.96. The zero-order valence-corrected chi connectivity index (χ0v) is 10.9. The highest BCUT2D eigenvalue weighted by molar-refractivity contribution is 7.89. The smallest absolute Gasteiger partial charge is 0.240 e. The van der Waals surface area contributed by atoms with Gasteiger partial charge in [-0.15, -0.1) is 0 Å². The van der Waals surface area contributed by atoms with Crippen molar-refractivity contribution in [3.05, 3.63) is 29.8 Å². The van der Waals surface area contributed by atoms with Gasteiger partial charge in [-0.2, -0.15) is 0 Å². The van der Waals surface area contributed by atoms with Gasteiger partial charge in [-0.05, 0) is 30.5 Å². The molecule has 1 atom stereocenters. The predicted molar refractivity (Wildman–Crippen MR) is 68.5 cm³/mol. The van der Waals surface area contributed by atoms with E-state index in [-0.39, 0.29) is 10.9 Å². The molecule has 0 aliphatic carbocycles. The minimum Gasteiger partial charge on any atom is -0.380 e. The Labute approximate surface area is 107 Å². The Morgan fingerprint density at radius 3 is 2.94 bits per heavy atom. The van der Waals surface area contributed by atoms with E-state index in [2.05, 4.69) is 4.72 Å². The van der Waals surface area contributed by atoms with Crippen LogP contribution in [0.1, 0.15) is 18.4 Å². The molecule has 1 aliphatic rings. The third kappa shape index (κ3) is 3.29. The van der Waals surface area contributed by atoms with Gasteiger partial charge in [-0.1, -0.05) is 12.1 Å². The first-order valence-electron chi connectivity index (χ1n) is 6.01. The summed E-state index contributed by atoms with van der Waals surface area (Å²) in [5, 5.41) is 0. The number of sulfonamides is 1. The molecule has 0 saturated carbocycles. The van der Waals surface area contributed by atoms with Gasteiger partial charge in [0.2, 0.25) is 10.0 Å². The third-order valence-corrected chi connectivity index (χ3v) is 4.44. The van der Waals surface area contributed by atoms with Gasteiger partial charge < -0.3 is 10.5 Å². The van der Waals surface area contributed by atoms with Crippen molar-refractivity contribution in [1.29, 1.82) is 0 Å². The Bertz CT molecular complexity index is 496. The van der Waals surface area contributed by atoms with Crippen LogP contribution in [-0.4, -0.2) is 27.7 Å². The lowest BCUT2D eigenvalue weighted by molar-refractivity contribution is 0.0774. The molecule has 1 unspecified atom stereocenters. The first kappa shape index (κ1) is 13.5. The first-order valence-corrected chi connectivity index (χ1v) is 7.49. The maximum Gasteiger partial charge on any atom is 0.240 e. The van der Waals surface area contributed by atoms with E-state index in [0.717, 1.165) is 18.4 Å². The molecule has 6 heteroatoms. The van der Waals surface area contributed by atoms with Crippen molar-refractivity contribution in [2.45, 2.75) is 30.3 Å². The Kier molecular flexibility index (Phi) is 4.34. The predicted octanol–water partition coefficient (Wildman–Crippen LogP) is 0.603. The van der Waals surface area contributed by atoms with Crippen LogP contribution in [0.4, 0.5) is 0 Å². The van der Waals surface area contributed by atoms with Crippen molar-refractivity contribution in [2.75, 3.05) is 13.2 Å². The van der Waals surface area contributed by atoms with Crippen molar-refractivity contribution < 1.29 is 13.2 Å². The van der Waals surface area contributed by atoms with Gasteiger partial charge in [0.05, 0.1) is 11.5 Å². The summed E-state index contributed by atoms with van der Waals surface area (Å²) in [4.78, 5) is 0.260. The van der Waals surface area contributed by atoms with E-state index in [0.29, 0.717) is 19.8 Å². The van der Waals surface area contributed by atoms with Crippen molar-refractivity contribution in [1.82, 2.24) is 4.72 Å². The third-order valence-electron chi connectivity index (χ3n) is 2.93. The van der Waals surface area contributed by atoms with E-state index in [1.807, 2.05) is 6.07 Å². The summed E-state index contributed by atoms with van der Waals surface area (Å²) in [7, 11) is -3.48. The lowest BCUT2D eigenvalue weighted by Crippen LogP contribution is -2.40. The summed E-state index contributed by atoms with van der Waals surface area (Å²) in [5.74, 6) is 0. The molecule has 1 aromatic rings. The normalized spacial score (nSPS) is 20.8. The van der Waals surface area contributed by atoms with E-state index in [9.17, 15) is 8.42 Å². The average molecular weight is 270 g/mol. The van der Waals surface area contributed by atoms with Gasteiger partial charge in [0.1, 0.15) is 0 Å². The molecule has 1 aliphatic heterocycles. The molecule has 0 bridgehead atoms. The molecule has 1 saturated heterocycles. The Morgan fingerprint density at radius 2 is 2.28 bits per heavy atom. The number of hydrogen-bond donors (Lipinski definition) is 2. The molecule has 18 heavy (non-hydrogen) atoms. The standard InChI is InChI=1S/C12H18N2O3S/c13-8-10-3-1-5-12(7-10)18(15,16)14-11-4-2-6-17-9-11/h1,3,5,7,11,14H,2,4,6,8-9,13H2. The van der Waals surface area contributed by atoms with Gasteiger partial charge in [-0.25, -0.2) is 13.1 Å². The molecular weight excluding hydrogens is 252 g/mol. The molecular formula is C12H18N2O3S. The Balaban J connectivity index is 2.13. The van der Waals surface area contributed by atoms with Crippen LogP contribution in [0.3, 0.4) is 0 Å². The van der Waals surface area contributed by atoms with Gasteiger partial charge in [0.15, 0.2) is 0 Å². The Morgan fingerprint density at radius 1 is 1.44 bits per heavy atom. The fourth-order valence-corrected chi connectivity index (χ4v) is 3.29. The summed E-state index contributed by atoms with van der Waals surface area (Å²) in [5.41, 5.74) is 6.31. The van der Waals surface area contributed by atoms with Crippen molar-refractivity contribution in [3.8, 4) is 0 Å². The molecule has 1 fully saturated rings. The second kappa shape index (κ2) is 5.79. The molecule has 0 aromatic heterocycles. The van der Waals surface area contributed by atoms with E-state index < -0.39 is 10.0 Å². The maximum absolute atomic E-state index is 12.2. The van der Waals surface area contributed by atoms with Crippen LogP contribution in [0.5, 0.6) is 0 Å². The number of ether oxygens (including phenoxy) is 1. The van der Waals surface area contributed by atoms with E-state index in [4.69, 9.17) is 10.5 Å². The molecule has 5 nitrogen and oxygen atoms in total. The van der Waals surface area contributed by atoms with Crippen LogP contribution in [0.2, 0.25) is 0 Å². The molecule has 1 aromatic carbocycles. The van der Waals surface area contributed by atoms with Gasteiger partial charge in [-0.3, -0.25) is 0 Å².